The number of phosphoric ester groups is 2. The van der Waals surface area contributed by atoms with Crippen LogP contribution in [0.25, 0.3) is 28.0 Å². The van der Waals surface area contributed by atoms with E-state index in [1.165, 1.54) is 22.0 Å². The molecule has 0 spiro atoms. The highest BCUT2D eigenvalue weighted by molar-refractivity contribution is 9.10. The van der Waals surface area contributed by atoms with E-state index >= 15 is 0 Å². The molecule has 0 saturated heterocycles. The van der Waals surface area contributed by atoms with Crippen LogP contribution in [-0.2, 0) is 81.4 Å². The minimum Gasteiger partial charge on any atom is -0.459 e. The number of aryl methyl sites for hydroxylation is 4. The van der Waals surface area contributed by atoms with Crippen LogP contribution in [0.15, 0.2) is 105 Å². The number of carbonyl (C=O) groups is 4. The van der Waals surface area contributed by atoms with Crippen LogP contribution in [0, 0.1) is 13.8 Å². The molecule has 4 aromatic heterocycles. The van der Waals surface area contributed by atoms with Gasteiger partial charge in [0, 0.05) is 104 Å². The smallest absolute Gasteiger partial charge is 0.459 e. The van der Waals surface area contributed by atoms with Crippen molar-refractivity contribution in [3.8, 4) is 0 Å². The molecule has 0 saturated carbocycles. The van der Waals surface area contributed by atoms with Gasteiger partial charge in [0.2, 0.25) is 23.6 Å². The Morgan fingerprint density at radius 3 is 1.30 bits per heavy atom. The summed E-state index contributed by atoms with van der Waals surface area (Å²) in [7, 11) is -9.86. The van der Waals surface area contributed by atoms with Gasteiger partial charge in [0.1, 0.15) is 47.8 Å². The Hall–Kier alpha value is -5.25. The van der Waals surface area contributed by atoms with Crippen LogP contribution in [-0.4, -0.2) is 130 Å². The minimum absolute atomic E-state index is 0. The van der Waals surface area contributed by atoms with E-state index in [1.807, 2.05) is 74.5 Å². The Morgan fingerprint density at radius 1 is 0.567 bits per heavy atom. The number of amides is 4. The van der Waals surface area contributed by atoms with E-state index in [0.29, 0.717) is 57.2 Å². The second kappa shape index (κ2) is 38.5. The average molecular weight is 1520 g/mol. The number of para-hydroxylation sites is 2. The Bertz CT molecular complexity index is 3660. The predicted molar refractivity (Wildman–Crippen MR) is 412 cm³/mol. The lowest BCUT2D eigenvalue weighted by Crippen LogP contribution is -2.37. The summed E-state index contributed by atoms with van der Waals surface area (Å²) in [5.41, 5.74) is 6.28. The zero-order chi connectivity index (χ0) is 68.7. The van der Waals surface area contributed by atoms with Gasteiger partial charge in [-0.3, -0.25) is 56.1 Å². The van der Waals surface area contributed by atoms with E-state index in [-0.39, 0.29) is 86.4 Å². The van der Waals surface area contributed by atoms with Crippen molar-refractivity contribution >= 4 is 127 Å². The summed E-state index contributed by atoms with van der Waals surface area (Å²) in [6, 6.07) is 22.8. The van der Waals surface area contributed by atoms with Crippen LogP contribution >= 0.6 is 31.6 Å². The summed E-state index contributed by atoms with van der Waals surface area (Å²) in [4.78, 5) is 64.7. The van der Waals surface area contributed by atoms with E-state index < -0.39 is 47.9 Å². The van der Waals surface area contributed by atoms with Crippen molar-refractivity contribution in [3.63, 3.8) is 0 Å². The highest BCUT2D eigenvalue weighted by Gasteiger charge is 2.36. The molecular formula is C70H113BrN6O14P2Si4. The van der Waals surface area contributed by atoms with Crippen molar-refractivity contribution < 1.29 is 64.3 Å². The Morgan fingerprint density at radius 2 is 0.928 bits per heavy atom. The molecule has 0 unspecified atom stereocenters. The molecule has 2 aliphatic heterocycles. The number of pyridine rings is 2. The zero-order valence-corrected chi connectivity index (χ0v) is 64.7. The van der Waals surface area contributed by atoms with Gasteiger partial charge in [-0.1, -0.05) is 151 Å². The monoisotopic (exact) mass is 1510 g/mol. The maximum atomic E-state index is 13.6. The first-order valence-electron chi connectivity index (χ1n) is 31.5. The Kier molecular flexibility index (Phi) is 34.9. The number of nitrogens with zero attached hydrogens (tertiary/aromatic N) is 6. The van der Waals surface area contributed by atoms with Crippen molar-refractivity contribution in [2.75, 3.05) is 63.8 Å². The highest BCUT2D eigenvalue weighted by atomic mass is 79.9. The first-order chi connectivity index (χ1) is 43.4. The average Bonchev–Trinajstić information content (AvgIpc) is 1.35. The standard InChI is InChI=1S/C33H48N3O7PSi2.C19H34BrN2O5PSi2.C14H15NO2.4CH4/c1-25-28-11-9-10-12-29(28)43-30(25)23-35(2)31(37)15-13-26-21-27-14-16-32(38)36(33(27)34-22-26)24-42-44(39,40-17-19-45(3,4)5)41-18-20-46(6,7)8;1-29(2,3)11-9-25-28(24,26-10-12-30(4,5)6)27-15-22-18(23)8-7-16-13-17(20)14-21-19(16)22;1-4-14(16)15(3)9-13-10(2)11-7-5-6-8-12(11)17-13;;;;/h9-13,15,21-22H,14,16-20,23-24H2,1-8H3;13-14H,7-12,15H2,1-6H3;4-8H,1,9H2,2-3H3;4*1H4/b15-13+;;;;;;. The van der Waals surface area contributed by atoms with Gasteiger partial charge in [-0.25, -0.2) is 19.1 Å². The van der Waals surface area contributed by atoms with Crippen LogP contribution in [0.2, 0.25) is 103 Å². The second-order valence-electron chi connectivity index (χ2n) is 28.2. The summed E-state index contributed by atoms with van der Waals surface area (Å²) in [5, 5.41) is 2.14. The SMILES string of the molecule is C.C.C.C.C=CC(=O)N(C)Cc1oc2ccccc2c1C.C[Si](C)(C)CCOP(=O)(OCC[Si](C)(C)C)OCN1C(=O)CCc2cc(Br)cnc21.Cc1c(CN(C)C(=O)/C=C/c2cnc3c(c2)CCC(=O)N3COP(=O)(OCC[Si](C)(C)C)OCC[Si](C)(C)C)oc2ccccc12. The summed E-state index contributed by atoms with van der Waals surface area (Å²) in [5.74, 6) is 1.96. The summed E-state index contributed by atoms with van der Waals surface area (Å²) in [6.45, 7) is 35.6. The fourth-order valence-electron chi connectivity index (χ4n) is 9.32. The quantitative estimate of drug-likeness (QED) is 0.0242. The Balaban J connectivity index is 0.000000539. The number of carbonyl (C=O) groups excluding carboxylic acids is 4. The van der Waals surface area contributed by atoms with Crippen molar-refractivity contribution in [3.05, 3.63) is 136 Å². The van der Waals surface area contributed by atoms with Gasteiger partial charge >= 0.3 is 15.6 Å². The summed E-state index contributed by atoms with van der Waals surface area (Å²) < 4.78 is 73.7. The number of likely N-dealkylation sites (N-methyl/N-ethyl adjacent to an activating group) is 2. The van der Waals surface area contributed by atoms with Gasteiger partial charge in [-0.05, 0) is 120 Å². The number of fused-ring (bicyclic) bond motifs is 4. The molecule has 97 heavy (non-hydrogen) atoms. The first-order valence-corrected chi connectivity index (χ1v) is 50.1. The molecule has 540 valence electrons. The lowest BCUT2D eigenvalue weighted by atomic mass is 10.0. The van der Waals surface area contributed by atoms with Crippen molar-refractivity contribution in [1.82, 2.24) is 19.8 Å². The molecule has 27 heteroatoms. The van der Waals surface area contributed by atoms with Gasteiger partial charge in [-0.15, -0.1) is 0 Å². The van der Waals surface area contributed by atoms with Gasteiger partial charge in [0.15, 0.2) is 0 Å². The van der Waals surface area contributed by atoms with Gasteiger partial charge in [0.05, 0.1) is 39.5 Å². The molecule has 4 amide bonds. The molecule has 0 atom stereocenters. The van der Waals surface area contributed by atoms with Gasteiger partial charge in [0.25, 0.3) is 0 Å². The molecule has 0 aliphatic carbocycles. The van der Waals surface area contributed by atoms with E-state index in [2.05, 4.69) is 111 Å². The molecule has 6 heterocycles. The van der Waals surface area contributed by atoms with Crippen molar-refractivity contribution in [1.29, 1.82) is 0 Å². The third-order valence-corrected chi connectivity index (χ3v) is 25.4. The first kappa shape index (κ1) is 87.8. The Labute approximate surface area is 592 Å². The highest BCUT2D eigenvalue weighted by Crippen LogP contribution is 2.52. The third-order valence-electron chi connectivity index (χ3n) is 15.3. The molecule has 2 aromatic carbocycles. The van der Waals surface area contributed by atoms with Crippen LogP contribution in [0.5, 0.6) is 0 Å². The zero-order valence-electron chi connectivity index (χ0n) is 57.4. The molecular weight excluding hydrogens is 1400 g/mol. The number of phosphoric acid groups is 2. The van der Waals surface area contributed by atoms with Gasteiger partial charge < -0.3 is 18.6 Å². The van der Waals surface area contributed by atoms with E-state index in [4.69, 9.17) is 36.0 Å². The van der Waals surface area contributed by atoms with E-state index in [1.54, 1.807) is 42.4 Å². The van der Waals surface area contributed by atoms with E-state index in [0.717, 1.165) is 89.9 Å². The number of hydrogen-bond acceptors (Lipinski definition) is 16. The second-order valence-corrected chi connectivity index (χ2v) is 55.0. The van der Waals surface area contributed by atoms with Crippen molar-refractivity contribution in [2.45, 2.75) is 185 Å². The number of halogens is 1. The number of hydrogen-bond donors (Lipinski definition) is 0. The van der Waals surface area contributed by atoms with Crippen LogP contribution < -0.4 is 9.80 Å². The van der Waals surface area contributed by atoms with Crippen LogP contribution in [0.1, 0.15) is 81.9 Å². The maximum Gasteiger partial charge on any atom is 0.476 e. The van der Waals surface area contributed by atoms with Gasteiger partial charge in [-0.2, -0.15) is 0 Å². The summed E-state index contributed by atoms with van der Waals surface area (Å²) in [6.07, 6.45) is 9.48. The van der Waals surface area contributed by atoms with Crippen LogP contribution in [0.3, 0.4) is 0 Å². The molecule has 0 radical (unpaired) electrons. The molecule has 6 aromatic rings. The fourth-order valence-corrected chi connectivity index (χ4v) is 15.5. The topological polar surface area (TPSA) is 223 Å². The number of benzene rings is 2. The van der Waals surface area contributed by atoms with Crippen LogP contribution in [0.4, 0.5) is 11.6 Å². The molecule has 0 fully saturated rings. The molecule has 0 bridgehead atoms. The normalized spacial score (nSPS) is 13.4. The maximum absolute atomic E-state index is 13.6. The molecule has 8 rings (SSSR count). The molecule has 20 nitrogen and oxygen atoms in total. The number of aromatic nitrogens is 2. The lowest BCUT2D eigenvalue weighted by Gasteiger charge is -2.29. The lowest BCUT2D eigenvalue weighted by molar-refractivity contribution is -0.126. The molecule has 2 aliphatic rings. The minimum atomic E-state index is -3.91. The fraction of sp³-hybridized carbons (Fsp3) is 0.514. The molecule has 0 N–H and O–H groups in total. The largest absolute Gasteiger partial charge is 0.476 e. The van der Waals surface area contributed by atoms with Crippen molar-refractivity contribution in [2.24, 2.45) is 0 Å². The number of anilines is 2. The van der Waals surface area contributed by atoms with E-state index in [9.17, 15) is 28.3 Å². The number of furan rings is 2. The third kappa shape index (κ3) is 28.0. The predicted octanol–water partition coefficient (Wildman–Crippen LogP) is 19.2. The number of rotatable bonds is 29. The summed E-state index contributed by atoms with van der Waals surface area (Å²) >= 11 is 3.41.